The van der Waals surface area contributed by atoms with Crippen LogP contribution in [0.3, 0.4) is 0 Å². The van der Waals surface area contributed by atoms with Gasteiger partial charge in [-0.15, -0.1) is 0 Å². The molecule has 3 aromatic carbocycles. The van der Waals surface area contributed by atoms with E-state index in [2.05, 4.69) is 10.2 Å². The summed E-state index contributed by atoms with van der Waals surface area (Å²) in [5.41, 5.74) is 3.28. The Labute approximate surface area is 240 Å². The number of amidine groups is 1. The van der Waals surface area contributed by atoms with Crippen LogP contribution in [0.25, 0.3) is 11.1 Å². The first-order valence-corrected chi connectivity index (χ1v) is 14.8. The number of carbonyl (C=O) groups is 2. The van der Waals surface area contributed by atoms with Gasteiger partial charge in [0, 0.05) is 37.8 Å². The van der Waals surface area contributed by atoms with Crippen molar-refractivity contribution in [3.8, 4) is 11.1 Å². The Morgan fingerprint density at radius 2 is 1.71 bits per heavy atom. The lowest BCUT2D eigenvalue weighted by atomic mass is 10.0. The number of nitrogens with zero attached hydrogens (tertiary/aromatic N) is 2. The van der Waals surface area contributed by atoms with Gasteiger partial charge < -0.3 is 14.5 Å². The number of benzene rings is 3. The molecular weight excluding hydrogens is 542 g/mol. The molecule has 0 spiro atoms. The minimum atomic E-state index is -3.88. The molecule has 2 amide bonds. The molecule has 10 nitrogen and oxygen atoms in total. The monoisotopic (exact) mass is 577 g/mol. The number of amides is 2. The summed E-state index contributed by atoms with van der Waals surface area (Å²) >= 11 is 0. The number of hydrogen-bond acceptors (Lipinski definition) is 7. The second-order valence-electron chi connectivity index (χ2n) is 10.3. The van der Waals surface area contributed by atoms with Crippen molar-refractivity contribution in [2.75, 3.05) is 27.2 Å². The Morgan fingerprint density at radius 1 is 1.02 bits per heavy atom. The van der Waals surface area contributed by atoms with Gasteiger partial charge in [0.2, 0.25) is 15.9 Å². The van der Waals surface area contributed by atoms with Gasteiger partial charge in [-0.1, -0.05) is 60.7 Å². The number of likely N-dealkylation sites (tertiary alicyclic amines) is 1. The number of carbonyl (C=O) groups excluding carboxylic acids is 2. The third kappa shape index (κ3) is 8.23. The molecule has 4 N–H and O–H groups in total. The number of sulfonamides is 1. The number of rotatable bonds is 8. The fraction of sp³-hybridized carbons (Fsp3) is 0.300. The first-order valence-electron chi connectivity index (χ1n) is 13.3. The minimum Gasteiger partial charge on any atom is -0.446 e. The van der Waals surface area contributed by atoms with Crippen molar-refractivity contribution in [2.45, 2.75) is 36.8 Å². The van der Waals surface area contributed by atoms with Crippen molar-refractivity contribution in [2.24, 2.45) is 5.14 Å². The number of likely N-dealkylation sites (N-methyl/N-ethyl adjacent to an activating group) is 1. The molecule has 1 aliphatic heterocycles. The lowest BCUT2D eigenvalue weighted by molar-refractivity contribution is -0.129. The summed E-state index contributed by atoms with van der Waals surface area (Å²) in [4.78, 5) is 29.1. The molecule has 0 bridgehead atoms. The largest absolute Gasteiger partial charge is 0.446 e. The second-order valence-corrected chi connectivity index (χ2v) is 11.8. The number of nitrogens with one attached hydrogen (secondary N) is 2. The molecular formula is C30H35N5O5S. The summed E-state index contributed by atoms with van der Waals surface area (Å²) in [6, 6.07) is 20.8. The van der Waals surface area contributed by atoms with Gasteiger partial charge in [0.05, 0.1) is 11.3 Å². The fourth-order valence-electron chi connectivity index (χ4n) is 4.71. The lowest BCUT2D eigenvalue weighted by Crippen LogP contribution is -2.39. The summed E-state index contributed by atoms with van der Waals surface area (Å²) in [7, 11) is -0.143. The number of hydrogen-bond donors (Lipinski definition) is 3. The molecule has 0 saturated carbocycles. The van der Waals surface area contributed by atoms with Crippen LogP contribution in [0.4, 0.5) is 4.79 Å². The molecule has 0 unspecified atom stereocenters. The molecule has 0 atom stereocenters. The van der Waals surface area contributed by atoms with Crippen molar-refractivity contribution >= 4 is 27.9 Å². The number of piperidine rings is 1. The van der Waals surface area contributed by atoms with Crippen molar-refractivity contribution in [3.05, 3.63) is 89.5 Å². The average Bonchev–Trinajstić information content (AvgIpc) is 2.94. The summed E-state index contributed by atoms with van der Waals surface area (Å²) in [5.74, 6) is -0.175. The van der Waals surface area contributed by atoms with E-state index in [0.29, 0.717) is 23.2 Å². The maximum atomic E-state index is 12.9. The lowest BCUT2D eigenvalue weighted by Gasteiger charge is -2.28. The smallest absolute Gasteiger partial charge is 0.413 e. The number of primary sulfonamides is 1. The van der Waals surface area contributed by atoms with Crippen LogP contribution in [0.2, 0.25) is 0 Å². The first-order chi connectivity index (χ1) is 19.5. The summed E-state index contributed by atoms with van der Waals surface area (Å²) in [5, 5.41) is 16.2. The predicted octanol–water partition coefficient (Wildman–Crippen LogP) is 3.35. The van der Waals surface area contributed by atoms with Crippen LogP contribution in [0.15, 0.2) is 77.7 Å². The van der Waals surface area contributed by atoms with E-state index in [1.54, 1.807) is 72.6 Å². The molecule has 0 aromatic heterocycles. The highest BCUT2D eigenvalue weighted by atomic mass is 32.2. The maximum Gasteiger partial charge on any atom is 0.413 e. The second kappa shape index (κ2) is 13.1. The van der Waals surface area contributed by atoms with Crippen molar-refractivity contribution in [1.82, 2.24) is 15.1 Å². The van der Waals surface area contributed by atoms with Crippen LogP contribution in [0, 0.1) is 5.41 Å². The topological polar surface area (TPSA) is 146 Å². The van der Waals surface area contributed by atoms with E-state index in [9.17, 15) is 18.0 Å². The van der Waals surface area contributed by atoms with Gasteiger partial charge in [-0.25, -0.2) is 18.4 Å². The maximum absolute atomic E-state index is 12.9. The zero-order valence-corrected chi connectivity index (χ0v) is 24.0. The Balaban J connectivity index is 1.32. The first kappa shape index (κ1) is 29.9. The number of nitrogens with two attached hydrogens (primary N) is 1. The van der Waals surface area contributed by atoms with Gasteiger partial charge in [-0.05, 0) is 48.7 Å². The molecule has 0 aliphatic carbocycles. The van der Waals surface area contributed by atoms with Crippen LogP contribution in [0.1, 0.15) is 29.5 Å². The third-order valence-corrected chi connectivity index (χ3v) is 8.01. The molecule has 0 radical (unpaired) electrons. The molecule has 1 saturated heterocycles. The SMILES string of the molecule is CN1CCC(OC(=O)NC(=N)c2cccc(CN(C)C(=O)Cc3ccc(-c4ccccc4S(N)(=O)=O)cc3)c2)CC1. The van der Waals surface area contributed by atoms with Gasteiger partial charge in [0.1, 0.15) is 11.9 Å². The molecule has 3 aromatic rings. The number of ether oxygens (including phenoxy) is 1. The zero-order chi connectivity index (χ0) is 29.6. The van der Waals surface area contributed by atoms with Crippen LogP contribution in [-0.4, -0.2) is 69.3 Å². The standard InChI is InChI=1S/C30H35N5O5S/c1-34-16-14-25(15-17-34)40-30(37)33-29(31)24-7-5-6-22(18-24)20-35(2)28(36)19-21-10-12-23(13-11-21)26-8-3-4-9-27(26)41(32,38)39/h3-13,18,25H,14-17,19-20H2,1-2H3,(H2,31,33,37)(H2,32,38,39). The highest BCUT2D eigenvalue weighted by Crippen LogP contribution is 2.27. The fourth-order valence-corrected chi connectivity index (χ4v) is 5.47. The molecule has 41 heavy (non-hydrogen) atoms. The number of alkyl carbamates (subject to hydrolysis) is 1. The van der Waals surface area contributed by atoms with E-state index < -0.39 is 16.1 Å². The van der Waals surface area contributed by atoms with Gasteiger partial charge in [-0.3, -0.25) is 15.5 Å². The Hall–Kier alpha value is -4.06. The quantitative estimate of drug-likeness (QED) is 0.277. The Morgan fingerprint density at radius 3 is 2.39 bits per heavy atom. The minimum absolute atomic E-state index is 0.0446. The highest BCUT2D eigenvalue weighted by Gasteiger charge is 2.21. The summed E-state index contributed by atoms with van der Waals surface area (Å²) < 4.78 is 29.4. The molecule has 216 valence electrons. The molecule has 1 heterocycles. The predicted molar refractivity (Wildman–Crippen MR) is 157 cm³/mol. The molecule has 11 heteroatoms. The summed E-state index contributed by atoms with van der Waals surface area (Å²) in [6.45, 7) is 2.05. The van der Waals surface area contributed by atoms with E-state index >= 15 is 0 Å². The van der Waals surface area contributed by atoms with Crippen molar-refractivity contribution in [1.29, 1.82) is 5.41 Å². The van der Waals surface area contributed by atoms with E-state index in [1.165, 1.54) is 6.07 Å². The average molecular weight is 578 g/mol. The Kier molecular flexibility index (Phi) is 9.53. The van der Waals surface area contributed by atoms with E-state index in [1.807, 2.05) is 13.1 Å². The van der Waals surface area contributed by atoms with Crippen LogP contribution in [-0.2, 0) is 32.5 Å². The van der Waals surface area contributed by atoms with Gasteiger partial charge in [0.25, 0.3) is 0 Å². The zero-order valence-electron chi connectivity index (χ0n) is 23.2. The van der Waals surface area contributed by atoms with E-state index in [4.69, 9.17) is 15.3 Å². The molecule has 1 fully saturated rings. The summed E-state index contributed by atoms with van der Waals surface area (Å²) in [6.07, 6.45) is 0.904. The van der Waals surface area contributed by atoms with E-state index in [0.717, 1.165) is 37.1 Å². The van der Waals surface area contributed by atoms with Gasteiger partial charge >= 0.3 is 6.09 Å². The molecule has 1 aliphatic rings. The van der Waals surface area contributed by atoms with Gasteiger partial charge in [-0.2, -0.15) is 0 Å². The highest BCUT2D eigenvalue weighted by molar-refractivity contribution is 7.89. The van der Waals surface area contributed by atoms with E-state index in [-0.39, 0.29) is 29.2 Å². The molecule has 4 rings (SSSR count). The van der Waals surface area contributed by atoms with Crippen LogP contribution >= 0.6 is 0 Å². The van der Waals surface area contributed by atoms with Crippen LogP contribution in [0.5, 0.6) is 0 Å². The van der Waals surface area contributed by atoms with Crippen molar-refractivity contribution < 1.29 is 22.7 Å². The normalized spacial score (nSPS) is 14.3. The third-order valence-electron chi connectivity index (χ3n) is 7.04. The van der Waals surface area contributed by atoms with Crippen molar-refractivity contribution in [3.63, 3.8) is 0 Å². The Bertz CT molecular complexity index is 1520. The van der Waals surface area contributed by atoms with Crippen LogP contribution < -0.4 is 10.5 Å². The van der Waals surface area contributed by atoms with Gasteiger partial charge in [0.15, 0.2) is 0 Å².